The van der Waals surface area contributed by atoms with Crippen LogP contribution in [0.2, 0.25) is 0 Å². The highest BCUT2D eigenvalue weighted by atomic mass is 19.1. The molecule has 0 bridgehead atoms. The standard InChI is InChI=1S/C16H19FN6O2/c1-21-13-12(14(24)22(2)16(21)25)23(15(20-13)19-8-7-18)9-10-5-3-4-6-11(10)17/h3-6H,7-9,18H2,1-2H3,(H,19,20). The highest BCUT2D eigenvalue weighted by molar-refractivity contribution is 5.74. The SMILES string of the molecule is Cn1c(=O)c2c(nc(NCCN)n2Cc2ccccc2F)n(C)c1=O. The van der Waals surface area contributed by atoms with E-state index in [0.29, 0.717) is 24.6 Å². The van der Waals surface area contributed by atoms with Gasteiger partial charge in [0.05, 0.1) is 6.54 Å². The molecule has 3 aromatic rings. The van der Waals surface area contributed by atoms with Gasteiger partial charge < -0.3 is 11.1 Å². The van der Waals surface area contributed by atoms with E-state index in [1.54, 1.807) is 22.8 Å². The Labute approximate surface area is 142 Å². The molecule has 0 radical (unpaired) electrons. The van der Waals surface area contributed by atoms with E-state index in [1.165, 1.54) is 24.7 Å². The predicted molar refractivity (Wildman–Crippen MR) is 93.3 cm³/mol. The fraction of sp³-hybridized carbons (Fsp3) is 0.312. The van der Waals surface area contributed by atoms with Crippen LogP contribution in [0.5, 0.6) is 0 Å². The van der Waals surface area contributed by atoms with Crippen LogP contribution in [-0.4, -0.2) is 31.8 Å². The summed E-state index contributed by atoms with van der Waals surface area (Å²) in [6.45, 7) is 0.887. The number of imidazole rings is 1. The molecule has 25 heavy (non-hydrogen) atoms. The van der Waals surface area contributed by atoms with E-state index in [9.17, 15) is 14.0 Å². The van der Waals surface area contributed by atoms with Crippen molar-refractivity contribution in [2.45, 2.75) is 6.54 Å². The summed E-state index contributed by atoms with van der Waals surface area (Å²) in [5.41, 5.74) is 5.45. The number of rotatable bonds is 5. The van der Waals surface area contributed by atoms with Crippen molar-refractivity contribution < 1.29 is 4.39 Å². The molecule has 0 aliphatic rings. The van der Waals surface area contributed by atoms with E-state index in [-0.39, 0.29) is 23.5 Å². The van der Waals surface area contributed by atoms with E-state index >= 15 is 0 Å². The Morgan fingerprint density at radius 3 is 2.60 bits per heavy atom. The first kappa shape index (κ1) is 16.9. The van der Waals surface area contributed by atoms with E-state index < -0.39 is 11.2 Å². The van der Waals surface area contributed by atoms with Crippen LogP contribution in [0.3, 0.4) is 0 Å². The number of aryl methyl sites for hydroxylation is 1. The molecule has 9 heteroatoms. The van der Waals surface area contributed by atoms with Gasteiger partial charge in [0.2, 0.25) is 5.95 Å². The molecule has 0 fully saturated rings. The molecule has 2 aromatic heterocycles. The summed E-state index contributed by atoms with van der Waals surface area (Å²) < 4.78 is 18.0. The number of hydrogen-bond acceptors (Lipinski definition) is 5. The average molecular weight is 346 g/mol. The summed E-state index contributed by atoms with van der Waals surface area (Å²) in [4.78, 5) is 29.1. The summed E-state index contributed by atoms with van der Waals surface area (Å²) in [6, 6.07) is 6.31. The van der Waals surface area contributed by atoms with Gasteiger partial charge in [-0.25, -0.2) is 9.18 Å². The fourth-order valence-corrected chi connectivity index (χ4v) is 2.72. The second kappa shape index (κ2) is 6.52. The fourth-order valence-electron chi connectivity index (χ4n) is 2.72. The van der Waals surface area contributed by atoms with Gasteiger partial charge in [-0.2, -0.15) is 4.98 Å². The van der Waals surface area contributed by atoms with Crippen molar-refractivity contribution in [2.24, 2.45) is 19.8 Å². The molecule has 132 valence electrons. The number of halogens is 1. The highest BCUT2D eigenvalue weighted by Crippen LogP contribution is 2.19. The summed E-state index contributed by atoms with van der Waals surface area (Å²) in [5, 5.41) is 3.03. The maximum absolute atomic E-state index is 14.1. The second-order valence-corrected chi connectivity index (χ2v) is 5.71. The second-order valence-electron chi connectivity index (χ2n) is 5.71. The van der Waals surface area contributed by atoms with Crippen molar-refractivity contribution in [3.63, 3.8) is 0 Å². The maximum atomic E-state index is 14.1. The predicted octanol–water partition coefficient (Wildman–Crippen LogP) is -0.00830. The third-order valence-electron chi connectivity index (χ3n) is 4.06. The number of benzene rings is 1. The molecule has 0 atom stereocenters. The summed E-state index contributed by atoms with van der Waals surface area (Å²) >= 11 is 0. The van der Waals surface area contributed by atoms with Crippen molar-refractivity contribution in [1.29, 1.82) is 0 Å². The molecule has 3 rings (SSSR count). The minimum atomic E-state index is -0.484. The van der Waals surface area contributed by atoms with E-state index in [4.69, 9.17) is 5.73 Å². The molecule has 1 aromatic carbocycles. The van der Waals surface area contributed by atoms with Gasteiger partial charge >= 0.3 is 5.69 Å². The Hall–Kier alpha value is -2.94. The number of fused-ring (bicyclic) bond motifs is 1. The Balaban J connectivity index is 2.29. The van der Waals surface area contributed by atoms with Gasteiger partial charge in [0.1, 0.15) is 5.82 Å². The topological polar surface area (TPSA) is 99.9 Å². The van der Waals surface area contributed by atoms with Gasteiger partial charge in [0, 0.05) is 32.7 Å². The Morgan fingerprint density at radius 1 is 1.20 bits per heavy atom. The third-order valence-corrected chi connectivity index (χ3v) is 4.06. The number of anilines is 1. The summed E-state index contributed by atoms with van der Waals surface area (Å²) in [5.74, 6) is -0.0160. The molecular formula is C16H19FN6O2. The molecule has 2 heterocycles. The number of nitrogens with zero attached hydrogens (tertiary/aromatic N) is 4. The summed E-state index contributed by atoms with van der Waals surface area (Å²) in [6.07, 6.45) is 0. The van der Waals surface area contributed by atoms with Crippen molar-refractivity contribution in [3.8, 4) is 0 Å². The van der Waals surface area contributed by atoms with Crippen LogP contribution in [-0.2, 0) is 20.6 Å². The van der Waals surface area contributed by atoms with Crippen LogP contribution in [0.4, 0.5) is 10.3 Å². The van der Waals surface area contributed by atoms with E-state index in [1.807, 2.05) is 0 Å². The Morgan fingerprint density at radius 2 is 1.92 bits per heavy atom. The maximum Gasteiger partial charge on any atom is 0.332 e. The molecule has 0 spiro atoms. The molecule has 0 unspecified atom stereocenters. The van der Waals surface area contributed by atoms with Crippen molar-refractivity contribution in [3.05, 3.63) is 56.5 Å². The summed E-state index contributed by atoms with van der Waals surface area (Å²) in [7, 11) is 2.94. The minimum absolute atomic E-state index is 0.101. The first-order chi connectivity index (χ1) is 12.0. The molecule has 0 saturated heterocycles. The third kappa shape index (κ3) is 2.82. The van der Waals surface area contributed by atoms with Gasteiger partial charge in [-0.1, -0.05) is 18.2 Å². The molecule has 3 N–H and O–H groups in total. The largest absolute Gasteiger partial charge is 0.354 e. The zero-order valence-corrected chi connectivity index (χ0v) is 14.0. The van der Waals surface area contributed by atoms with Crippen LogP contribution >= 0.6 is 0 Å². The Bertz CT molecular complexity index is 1050. The van der Waals surface area contributed by atoms with Gasteiger partial charge in [0.25, 0.3) is 5.56 Å². The number of aromatic nitrogens is 4. The monoisotopic (exact) mass is 346 g/mol. The lowest BCUT2D eigenvalue weighted by Gasteiger charge is -2.11. The van der Waals surface area contributed by atoms with Crippen LogP contribution < -0.4 is 22.3 Å². The zero-order chi connectivity index (χ0) is 18.1. The zero-order valence-electron chi connectivity index (χ0n) is 14.0. The van der Waals surface area contributed by atoms with Gasteiger partial charge in [-0.05, 0) is 6.07 Å². The molecule has 0 amide bonds. The normalized spacial score (nSPS) is 11.2. The molecule has 0 aliphatic carbocycles. The van der Waals surface area contributed by atoms with Crippen LogP contribution in [0.25, 0.3) is 11.2 Å². The van der Waals surface area contributed by atoms with E-state index in [0.717, 1.165) is 4.57 Å². The van der Waals surface area contributed by atoms with Gasteiger partial charge in [-0.15, -0.1) is 0 Å². The van der Waals surface area contributed by atoms with Crippen molar-refractivity contribution in [1.82, 2.24) is 18.7 Å². The van der Waals surface area contributed by atoms with Crippen molar-refractivity contribution in [2.75, 3.05) is 18.4 Å². The van der Waals surface area contributed by atoms with Crippen molar-refractivity contribution >= 4 is 17.1 Å². The average Bonchev–Trinajstić information content (AvgIpc) is 2.96. The minimum Gasteiger partial charge on any atom is -0.354 e. The number of nitrogens with two attached hydrogens (primary N) is 1. The van der Waals surface area contributed by atoms with Gasteiger partial charge in [-0.3, -0.25) is 18.5 Å². The molecule has 0 aliphatic heterocycles. The number of nitrogens with one attached hydrogen (secondary N) is 1. The van der Waals surface area contributed by atoms with Gasteiger partial charge in [0.15, 0.2) is 11.2 Å². The van der Waals surface area contributed by atoms with Crippen LogP contribution in [0.15, 0.2) is 33.9 Å². The quantitative estimate of drug-likeness (QED) is 0.677. The van der Waals surface area contributed by atoms with Crippen LogP contribution in [0, 0.1) is 5.82 Å². The lowest BCUT2D eigenvalue weighted by Crippen LogP contribution is -2.37. The first-order valence-corrected chi connectivity index (χ1v) is 7.79. The highest BCUT2D eigenvalue weighted by Gasteiger charge is 2.19. The lowest BCUT2D eigenvalue weighted by molar-refractivity contribution is 0.601. The number of hydrogen-bond donors (Lipinski definition) is 2. The van der Waals surface area contributed by atoms with E-state index in [2.05, 4.69) is 10.3 Å². The Kier molecular flexibility index (Phi) is 4.41. The molecule has 0 saturated carbocycles. The first-order valence-electron chi connectivity index (χ1n) is 7.79. The molecular weight excluding hydrogens is 327 g/mol. The lowest BCUT2D eigenvalue weighted by atomic mass is 10.2. The molecule has 8 nitrogen and oxygen atoms in total. The van der Waals surface area contributed by atoms with Crippen LogP contribution in [0.1, 0.15) is 5.56 Å². The smallest absolute Gasteiger partial charge is 0.332 e.